The topological polar surface area (TPSA) is 98.6 Å². The smallest absolute Gasteiger partial charge is 0.227 e. The fraction of sp³-hybridized carbons (Fsp3) is 0.304. The molecular formula is C23H24ClN5O4. The first-order valence-electron chi connectivity index (χ1n) is 10.4. The number of rotatable bonds is 7. The SMILES string of the molecule is COc1cc(OC)c(N2CC(C(=O)NC(C)c3ccc(-n4cncn4)cc3)CC2=O)cc1Cl. The first-order chi connectivity index (χ1) is 15.9. The van der Waals surface area contributed by atoms with Crippen LogP contribution in [0, 0.1) is 5.92 Å². The van der Waals surface area contributed by atoms with Gasteiger partial charge >= 0.3 is 0 Å². The highest BCUT2D eigenvalue weighted by atomic mass is 35.5. The van der Waals surface area contributed by atoms with Crippen LogP contribution in [0.1, 0.15) is 24.9 Å². The Morgan fingerprint density at radius 1 is 1.18 bits per heavy atom. The second-order valence-corrected chi connectivity index (χ2v) is 8.13. The van der Waals surface area contributed by atoms with E-state index in [4.69, 9.17) is 21.1 Å². The van der Waals surface area contributed by atoms with E-state index < -0.39 is 5.92 Å². The van der Waals surface area contributed by atoms with Crippen molar-refractivity contribution in [1.82, 2.24) is 20.1 Å². The Morgan fingerprint density at radius 2 is 1.91 bits per heavy atom. The summed E-state index contributed by atoms with van der Waals surface area (Å²) < 4.78 is 12.3. The molecule has 4 rings (SSSR count). The molecule has 1 aliphatic rings. The van der Waals surface area contributed by atoms with E-state index in [0.29, 0.717) is 22.2 Å². The Hall–Kier alpha value is -3.59. The minimum Gasteiger partial charge on any atom is -0.495 e. The molecule has 2 atom stereocenters. The van der Waals surface area contributed by atoms with E-state index in [0.717, 1.165) is 11.3 Å². The number of ether oxygens (including phenoxy) is 2. The van der Waals surface area contributed by atoms with Crippen molar-refractivity contribution in [3.8, 4) is 17.2 Å². The highest BCUT2D eigenvalue weighted by Crippen LogP contribution is 2.40. The van der Waals surface area contributed by atoms with Crippen LogP contribution >= 0.6 is 11.6 Å². The van der Waals surface area contributed by atoms with Gasteiger partial charge in [-0.05, 0) is 30.7 Å². The van der Waals surface area contributed by atoms with Crippen molar-refractivity contribution in [1.29, 1.82) is 0 Å². The third kappa shape index (κ3) is 4.63. The standard InChI is InChI=1S/C23H24ClN5O4/c1-14(15-4-6-17(7-5-15)29-13-25-12-26-29)27-23(31)16-8-22(30)28(11-16)19-9-18(24)20(32-2)10-21(19)33-3/h4-7,9-10,12-14,16H,8,11H2,1-3H3,(H,27,31). The molecule has 2 heterocycles. The minimum atomic E-state index is -0.486. The quantitative estimate of drug-likeness (QED) is 0.570. The van der Waals surface area contributed by atoms with Crippen LogP contribution in [-0.4, -0.2) is 47.3 Å². The van der Waals surface area contributed by atoms with E-state index in [1.165, 1.54) is 25.4 Å². The molecule has 1 saturated heterocycles. The van der Waals surface area contributed by atoms with E-state index in [9.17, 15) is 9.59 Å². The van der Waals surface area contributed by atoms with Crippen molar-refractivity contribution in [2.45, 2.75) is 19.4 Å². The van der Waals surface area contributed by atoms with Crippen molar-refractivity contribution in [2.75, 3.05) is 25.7 Å². The van der Waals surface area contributed by atoms with Crippen LogP contribution in [-0.2, 0) is 9.59 Å². The van der Waals surface area contributed by atoms with Gasteiger partial charge in [-0.3, -0.25) is 9.59 Å². The molecule has 1 N–H and O–H groups in total. The molecule has 2 unspecified atom stereocenters. The number of hydrogen-bond donors (Lipinski definition) is 1. The molecule has 2 aromatic carbocycles. The maximum atomic E-state index is 12.9. The zero-order valence-electron chi connectivity index (χ0n) is 18.5. The highest BCUT2D eigenvalue weighted by molar-refractivity contribution is 6.32. The average molecular weight is 470 g/mol. The molecule has 3 aromatic rings. The van der Waals surface area contributed by atoms with E-state index in [2.05, 4.69) is 15.4 Å². The van der Waals surface area contributed by atoms with Crippen LogP contribution in [0.4, 0.5) is 5.69 Å². The summed E-state index contributed by atoms with van der Waals surface area (Å²) in [6, 6.07) is 10.7. The van der Waals surface area contributed by atoms with Crippen molar-refractivity contribution in [3.05, 3.63) is 59.6 Å². The Labute approximate surface area is 196 Å². The number of aromatic nitrogens is 3. The van der Waals surface area contributed by atoms with Gasteiger partial charge in [0.25, 0.3) is 0 Å². The van der Waals surface area contributed by atoms with Gasteiger partial charge in [0.1, 0.15) is 24.2 Å². The summed E-state index contributed by atoms with van der Waals surface area (Å²) in [7, 11) is 3.01. The molecule has 0 spiro atoms. The summed E-state index contributed by atoms with van der Waals surface area (Å²) >= 11 is 6.26. The number of benzene rings is 2. The third-order valence-corrected chi connectivity index (χ3v) is 5.97. The normalized spacial score (nSPS) is 16.5. The summed E-state index contributed by atoms with van der Waals surface area (Å²) in [6.07, 6.45) is 3.20. The number of carbonyl (C=O) groups is 2. The fourth-order valence-corrected chi connectivity index (χ4v) is 4.08. The van der Waals surface area contributed by atoms with Gasteiger partial charge in [-0.2, -0.15) is 5.10 Å². The molecule has 9 nitrogen and oxygen atoms in total. The van der Waals surface area contributed by atoms with Crippen LogP contribution in [0.5, 0.6) is 11.5 Å². The first kappa shape index (κ1) is 22.6. The van der Waals surface area contributed by atoms with Crippen LogP contribution in [0.3, 0.4) is 0 Å². The van der Waals surface area contributed by atoms with E-state index in [-0.39, 0.29) is 30.8 Å². The summed E-state index contributed by atoms with van der Waals surface area (Å²) in [5, 5.41) is 7.47. The number of halogens is 1. The first-order valence-corrected chi connectivity index (χ1v) is 10.8. The minimum absolute atomic E-state index is 0.108. The summed E-state index contributed by atoms with van der Waals surface area (Å²) in [4.78, 5) is 31.1. The summed E-state index contributed by atoms with van der Waals surface area (Å²) in [5.41, 5.74) is 2.33. The molecule has 2 amide bonds. The maximum Gasteiger partial charge on any atom is 0.227 e. The van der Waals surface area contributed by atoms with Gasteiger partial charge in [0, 0.05) is 19.0 Å². The molecule has 0 aliphatic carbocycles. The van der Waals surface area contributed by atoms with E-state index >= 15 is 0 Å². The third-order valence-electron chi connectivity index (χ3n) is 5.68. The number of hydrogen-bond acceptors (Lipinski definition) is 6. The van der Waals surface area contributed by atoms with Gasteiger partial charge in [-0.15, -0.1) is 0 Å². The van der Waals surface area contributed by atoms with Gasteiger partial charge in [-0.1, -0.05) is 23.7 Å². The molecule has 0 radical (unpaired) electrons. The number of nitrogens with zero attached hydrogens (tertiary/aromatic N) is 4. The molecule has 1 aromatic heterocycles. The predicted molar refractivity (Wildman–Crippen MR) is 123 cm³/mol. The number of carbonyl (C=O) groups excluding carboxylic acids is 2. The summed E-state index contributed by atoms with van der Waals surface area (Å²) in [5.74, 6) is 0.0603. The Morgan fingerprint density at radius 3 is 2.55 bits per heavy atom. The van der Waals surface area contributed by atoms with Gasteiger partial charge in [0.15, 0.2) is 0 Å². The summed E-state index contributed by atoms with van der Waals surface area (Å²) in [6.45, 7) is 2.14. The van der Waals surface area contributed by atoms with Crippen LogP contribution in [0.25, 0.3) is 5.69 Å². The molecule has 1 aliphatic heterocycles. The van der Waals surface area contributed by atoms with Crippen LogP contribution in [0.2, 0.25) is 5.02 Å². The zero-order valence-corrected chi connectivity index (χ0v) is 19.2. The van der Waals surface area contributed by atoms with Crippen molar-refractivity contribution < 1.29 is 19.1 Å². The highest BCUT2D eigenvalue weighted by Gasteiger charge is 2.37. The average Bonchev–Trinajstić information content (AvgIpc) is 3.49. The van der Waals surface area contributed by atoms with E-state index in [1.54, 1.807) is 23.1 Å². The Kier molecular flexibility index (Phi) is 6.50. The molecule has 1 fully saturated rings. The molecule has 172 valence electrons. The molecule has 10 heteroatoms. The van der Waals surface area contributed by atoms with Crippen LogP contribution in [0.15, 0.2) is 49.1 Å². The van der Waals surface area contributed by atoms with E-state index in [1.807, 2.05) is 31.2 Å². The second-order valence-electron chi connectivity index (χ2n) is 7.73. The van der Waals surface area contributed by atoms with Gasteiger partial charge < -0.3 is 19.7 Å². The number of amides is 2. The molecule has 0 bridgehead atoms. The lowest BCUT2D eigenvalue weighted by molar-refractivity contribution is -0.126. The Balaban J connectivity index is 1.44. The monoisotopic (exact) mass is 469 g/mol. The number of anilines is 1. The number of nitrogens with one attached hydrogen (secondary N) is 1. The predicted octanol–water partition coefficient (Wildman–Crippen LogP) is 3.17. The zero-order chi connectivity index (χ0) is 23.5. The molecule has 33 heavy (non-hydrogen) atoms. The lowest BCUT2D eigenvalue weighted by Crippen LogP contribution is -2.34. The van der Waals surface area contributed by atoms with Gasteiger partial charge in [-0.25, -0.2) is 9.67 Å². The van der Waals surface area contributed by atoms with Crippen molar-refractivity contribution >= 4 is 29.1 Å². The van der Waals surface area contributed by atoms with Crippen molar-refractivity contribution in [2.24, 2.45) is 5.92 Å². The fourth-order valence-electron chi connectivity index (χ4n) is 3.84. The maximum absolute atomic E-state index is 12.9. The van der Waals surface area contributed by atoms with Crippen LogP contribution < -0.4 is 19.7 Å². The molecular weight excluding hydrogens is 446 g/mol. The number of methoxy groups -OCH3 is 2. The lowest BCUT2D eigenvalue weighted by Gasteiger charge is -2.21. The molecule has 0 saturated carbocycles. The Bertz CT molecular complexity index is 1150. The largest absolute Gasteiger partial charge is 0.495 e. The van der Waals surface area contributed by atoms with Gasteiger partial charge in [0.2, 0.25) is 11.8 Å². The lowest BCUT2D eigenvalue weighted by atomic mass is 10.0. The van der Waals surface area contributed by atoms with Crippen molar-refractivity contribution in [3.63, 3.8) is 0 Å². The van der Waals surface area contributed by atoms with Gasteiger partial charge in [0.05, 0.1) is 42.6 Å². The second kappa shape index (κ2) is 9.50.